The van der Waals surface area contributed by atoms with Crippen molar-refractivity contribution in [1.29, 1.82) is 0 Å². The first-order valence-corrected chi connectivity index (χ1v) is 6.11. The van der Waals surface area contributed by atoms with Crippen molar-refractivity contribution in [2.45, 2.75) is 32.8 Å². The monoisotopic (exact) mass is 277 g/mol. The molecule has 0 saturated carbocycles. The molecule has 5 N–H and O–H groups in total. The van der Waals surface area contributed by atoms with Crippen molar-refractivity contribution in [3.05, 3.63) is 11.9 Å². The number of alkyl carbamates (subject to hydrolysis) is 1. The summed E-state index contributed by atoms with van der Waals surface area (Å²) in [6, 6.07) is 0. The second kappa shape index (κ2) is 6.61. The molecule has 1 rings (SSSR count). The van der Waals surface area contributed by atoms with E-state index in [2.05, 4.69) is 27.1 Å². The van der Waals surface area contributed by atoms with Crippen molar-refractivity contribution in [3.8, 4) is 11.8 Å². The van der Waals surface area contributed by atoms with E-state index >= 15 is 0 Å². The average molecular weight is 277 g/mol. The first-order valence-electron chi connectivity index (χ1n) is 6.11. The van der Waals surface area contributed by atoms with Crippen LogP contribution in [0.4, 0.5) is 16.4 Å². The van der Waals surface area contributed by atoms with Gasteiger partial charge in [0.05, 0.1) is 6.20 Å². The van der Waals surface area contributed by atoms with Gasteiger partial charge in [-0.05, 0) is 26.7 Å². The van der Waals surface area contributed by atoms with Crippen LogP contribution in [0.1, 0.15) is 32.9 Å². The summed E-state index contributed by atoms with van der Waals surface area (Å²) in [7, 11) is 0. The van der Waals surface area contributed by atoms with Gasteiger partial charge >= 0.3 is 6.09 Å². The van der Waals surface area contributed by atoms with E-state index in [0.717, 1.165) is 0 Å². The van der Waals surface area contributed by atoms with Crippen LogP contribution in [0.25, 0.3) is 0 Å². The van der Waals surface area contributed by atoms with E-state index in [1.165, 1.54) is 6.20 Å². The Balaban J connectivity index is 2.36. The third-order valence-electron chi connectivity index (χ3n) is 1.96. The van der Waals surface area contributed by atoms with E-state index in [0.29, 0.717) is 18.7 Å². The molecule has 0 aliphatic rings. The van der Waals surface area contributed by atoms with Gasteiger partial charge in [0.25, 0.3) is 0 Å². The molecule has 1 heterocycles. The number of nitrogens with zero attached hydrogens (tertiary/aromatic N) is 2. The number of nitrogens with one attached hydrogen (secondary N) is 1. The molecule has 1 aromatic rings. The molecule has 1 amide bonds. The highest BCUT2D eigenvalue weighted by Crippen LogP contribution is 2.06. The number of hydrogen-bond donors (Lipinski definition) is 3. The highest BCUT2D eigenvalue weighted by Gasteiger charge is 2.15. The molecule has 0 aliphatic carbocycles. The Morgan fingerprint density at radius 2 is 2.10 bits per heavy atom. The van der Waals surface area contributed by atoms with Crippen LogP contribution in [0, 0.1) is 11.8 Å². The van der Waals surface area contributed by atoms with E-state index in [4.69, 9.17) is 16.2 Å². The van der Waals surface area contributed by atoms with Crippen LogP contribution < -0.4 is 16.8 Å². The summed E-state index contributed by atoms with van der Waals surface area (Å²) in [6.07, 6.45) is 1.45. The van der Waals surface area contributed by atoms with Gasteiger partial charge in [-0.1, -0.05) is 5.92 Å². The summed E-state index contributed by atoms with van der Waals surface area (Å²) in [4.78, 5) is 19.1. The molecule has 0 bridgehead atoms. The van der Waals surface area contributed by atoms with Crippen molar-refractivity contribution in [3.63, 3.8) is 0 Å². The summed E-state index contributed by atoms with van der Waals surface area (Å²) in [5, 5.41) is 2.60. The zero-order valence-corrected chi connectivity index (χ0v) is 11.9. The highest BCUT2D eigenvalue weighted by molar-refractivity contribution is 5.67. The largest absolute Gasteiger partial charge is 0.444 e. The average Bonchev–Trinajstić information content (AvgIpc) is 2.31. The molecular formula is C13H19N5O2. The Kier molecular flexibility index (Phi) is 5.15. The maximum absolute atomic E-state index is 11.3. The summed E-state index contributed by atoms with van der Waals surface area (Å²) in [5.41, 5.74) is 10.9. The molecule has 1 aromatic heterocycles. The molecule has 108 valence electrons. The zero-order valence-electron chi connectivity index (χ0n) is 11.9. The number of nitrogens with two attached hydrogens (primary N) is 2. The topological polar surface area (TPSA) is 116 Å². The lowest BCUT2D eigenvalue weighted by molar-refractivity contribution is 0.0529. The van der Waals surface area contributed by atoms with Crippen LogP contribution >= 0.6 is 0 Å². The van der Waals surface area contributed by atoms with Crippen molar-refractivity contribution in [2.75, 3.05) is 18.0 Å². The van der Waals surface area contributed by atoms with Gasteiger partial charge in [0.1, 0.15) is 11.3 Å². The van der Waals surface area contributed by atoms with E-state index in [9.17, 15) is 4.79 Å². The quantitative estimate of drug-likeness (QED) is 0.546. The number of anilines is 2. The van der Waals surface area contributed by atoms with Gasteiger partial charge in [0.2, 0.25) is 0 Å². The Morgan fingerprint density at radius 1 is 1.40 bits per heavy atom. The Bertz CT molecular complexity index is 540. The van der Waals surface area contributed by atoms with E-state index in [1.54, 1.807) is 20.8 Å². The number of hydrogen-bond acceptors (Lipinski definition) is 6. The molecule has 7 heteroatoms. The molecule has 20 heavy (non-hydrogen) atoms. The van der Waals surface area contributed by atoms with Crippen LogP contribution in [0.15, 0.2) is 6.20 Å². The maximum atomic E-state index is 11.3. The van der Waals surface area contributed by atoms with Gasteiger partial charge < -0.3 is 21.5 Å². The number of ether oxygens (including phenoxy) is 1. The number of nitrogen functional groups attached to an aromatic ring is 2. The summed E-state index contributed by atoms with van der Waals surface area (Å²) < 4.78 is 5.08. The van der Waals surface area contributed by atoms with Crippen molar-refractivity contribution in [2.24, 2.45) is 0 Å². The maximum Gasteiger partial charge on any atom is 0.407 e. The fraction of sp³-hybridized carbons (Fsp3) is 0.462. The third kappa shape index (κ3) is 5.91. The Morgan fingerprint density at radius 3 is 2.70 bits per heavy atom. The van der Waals surface area contributed by atoms with Gasteiger partial charge in [-0.3, -0.25) is 0 Å². The van der Waals surface area contributed by atoms with Crippen LogP contribution in [0.3, 0.4) is 0 Å². The lowest BCUT2D eigenvalue weighted by atomic mass is 10.2. The van der Waals surface area contributed by atoms with Crippen LogP contribution in [0.5, 0.6) is 0 Å². The molecule has 0 spiro atoms. The SMILES string of the molecule is CC(C)(C)OC(=O)NCCC#Cc1cnc(N)c(N)n1. The first kappa shape index (κ1) is 15.6. The number of carbonyl (C=O) groups is 1. The zero-order chi connectivity index (χ0) is 15.2. The van der Waals surface area contributed by atoms with Gasteiger partial charge in [0.15, 0.2) is 11.6 Å². The molecule has 0 aromatic carbocycles. The lowest BCUT2D eigenvalue weighted by Crippen LogP contribution is -2.32. The summed E-state index contributed by atoms with van der Waals surface area (Å²) in [6.45, 7) is 5.80. The first-order chi connectivity index (χ1) is 9.28. The summed E-state index contributed by atoms with van der Waals surface area (Å²) in [5.74, 6) is 5.97. The van der Waals surface area contributed by atoms with Crippen LogP contribution in [-0.2, 0) is 4.74 Å². The van der Waals surface area contributed by atoms with Crippen LogP contribution in [-0.4, -0.2) is 28.2 Å². The molecule has 0 unspecified atom stereocenters. The van der Waals surface area contributed by atoms with Gasteiger partial charge in [0, 0.05) is 13.0 Å². The smallest absolute Gasteiger partial charge is 0.407 e. The number of amides is 1. The molecule has 0 aliphatic heterocycles. The molecule has 0 atom stereocenters. The lowest BCUT2D eigenvalue weighted by Gasteiger charge is -2.19. The second-order valence-corrected chi connectivity index (χ2v) is 5.01. The summed E-state index contributed by atoms with van der Waals surface area (Å²) >= 11 is 0. The molecular weight excluding hydrogens is 258 g/mol. The van der Waals surface area contributed by atoms with E-state index in [-0.39, 0.29) is 11.6 Å². The third-order valence-corrected chi connectivity index (χ3v) is 1.96. The highest BCUT2D eigenvalue weighted by atomic mass is 16.6. The molecule has 0 fully saturated rings. The standard InChI is InChI=1S/C13H19N5O2/c1-13(2,3)20-12(19)16-7-5-4-6-9-8-17-10(14)11(15)18-9/h8H,5,7H2,1-3H3,(H2,14,17)(H2,15,18)(H,16,19). The van der Waals surface area contributed by atoms with Crippen molar-refractivity contribution >= 4 is 17.7 Å². The van der Waals surface area contributed by atoms with Crippen molar-refractivity contribution in [1.82, 2.24) is 15.3 Å². The van der Waals surface area contributed by atoms with Gasteiger partial charge in [-0.15, -0.1) is 0 Å². The Labute approximate surface area is 118 Å². The van der Waals surface area contributed by atoms with Crippen molar-refractivity contribution < 1.29 is 9.53 Å². The molecule has 7 nitrogen and oxygen atoms in total. The predicted octanol–water partition coefficient (Wildman–Crippen LogP) is 0.907. The molecule has 0 radical (unpaired) electrons. The van der Waals surface area contributed by atoms with E-state index in [1.807, 2.05) is 0 Å². The minimum atomic E-state index is -0.507. The fourth-order valence-electron chi connectivity index (χ4n) is 1.17. The number of aromatic nitrogens is 2. The second-order valence-electron chi connectivity index (χ2n) is 5.01. The van der Waals surface area contributed by atoms with E-state index < -0.39 is 11.7 Å². The van der Waals surface area contributed by atoms with Gasteiger partial charge in [-0.2, -0.15) is 0 Å². The van der Waals surface area contributed by atoms with Crippen LogP contribution in [0.2, 0.25) is 0 Å². The molecule has 0 saturated heterocycles. The minimum absolute atomic E-state index is 0.156. The minimum Gasteiger partial charge on any atom is -0.444 e. The van der Waals surface area contributed by atoms with Gasteiger partial charge in [-0.25, -0.2) is 14.8 Å². The normalized spacial score (nSPS) is 10.3. The fourth-order valence-corrected chi connectivity index (χ4v) is 1.17. The predicted molar refractivity (Wildman–Crippen MR) is 76.6 cm³/mol. The number of carbonyl (C=O) groups excluding carboxylic acids is 1. The number of rotatable bonds is 2. The Hall–Kier alpha value is -2.49.